The zero-order chi connectivity index (χ0) is 12.8. The summed E-state index contributed by atoms with van der Waals surface area (Å²) in [5.41, 5.74) is 1.47. The quantitative estimate of drug-likeness (QED) is 0.579. The third-order valence-corrected chi connectivity index (χ3v) is 2.45. The van der Waals surface area contributed by atoms with Gasteiger partial charge in [0.05, 0.1) is 12.7 Å². The molecular formula is C13H16O4. The highest BCUT2D eigenvalue weighted by atomic mass is 16.6. The fourth-order valence-electron chi connectivity index (χ4n) is 1.40. The van der Waals surface area contributed by atoms with Gasteiger partial charge in [0.25, 0.3) is 0 Å². The first kappa shape index (κ1) is 13.2. The molecule has 0 N–H and O–H groups in total. The number of ether oxygens (including phenoxy) is 2. The number of hydrogen-bond donors (Lipinski definition) is 0. The van der Waals surface area contributed by atoms with E-state index in [1.807, 2.05) is 13.0 Å². The second-order valence-electron chi connectivity index (χ2n) is 3.63. The Morgan fingerprint density at radius 1 is 1.47 bits per heavy atom. The topological polar surface area (TPSA) is 52.6 Å². The van der Waals surface area contributed by atoms with Gasteiger partial charge in [0.2, 0.25) is 0 Å². The van der Waals surface area contributed by atoms with Crippen molar-refractivity contribution in [3.63, 3.8) is 0 Å². The van der Waals surface area contributed by atoms with Crippen molar-refractivity contribution in [3.05, 3.63) is 29.3 Å². The lowest BCUT2D eigenvalue weighted by atomic mass is 10.1. The van der Waals surface area contributed by atoms with Gasteiger partial charge in [0.1, 0.15) is 5.75 Å². The van der Waals surface area contributed by atoms with Crippen LogP contribution in [0, 0.1) is 0 Å². The van der Waals surface area contributed by atoms with Gasteiger partial charge in [-0.1, -0.05) is 13.0 Å². The molecule has 1 aromatic rings. The Hall–Kier alpha value is -1.84. The molecule has 4 heteroatoms. The third kappa shape index (κ3) is 3.31. The zero-order valence-electron chi connectivity index (χ0n) is 10.2. The molecule has 1 aromatic carbocycles. The van der Waals surface area contributed by atoms with E-state index in [9.17, 15) is 9.59 Å². The van der Waals surface area contributed by atoms with E-state index < -0.39 is 12.1 Å². The lowest BCUT2D eigenvalue weighted by Gasteiger charge is -2.14. The minimum absolute atomic E-state index is 0.414. The summed E-state index contributed by atoms with van der Waals surface area (Å²) in [5, 5.41) is 0. The van der Waals surface area contributed by atoms with Crippen LogP contribution < -0.4 is 4.74 Å². The molecule has 0 aliphatic heterocycles. The average molecular weight is 236 g/mol. The summed E-state index contributed by atoms with van der Waals surface area (Å²) >= 11 is 0. The molecule has 0 bridgehead atoms. The van der Waals surface area contributed by atoms with Crippen molar-refractivity contribution in [3.8, 4) is 5.75 Å². The van der Waals surface area contributed by atoms with Crippen LogP contribution in [-0.2, 0) is 16.0 Å². The number of hydrogen-bond acceptors (Lipinski definition) is 4. The predicted octanol–water partition coefficient (Wildman–Crippen LogP) is 2.00. The summed E-state index contributed by atoms with van der Waals surface area (Å²) < 4.78 is 9.99. The first-order chi connectivity index (χ1) is 8.12. The molecule has 0 heterocycles. The van der Waals surface area contributed by atoms with Crippen LogP contribution in [0.15, 0.2) is 18.2 Å². The first-order valence-electron chi connectivity index (χ1n) is 5.45. The molecule has 0 fully saturated rings. The highest BCUT2D eigenvalue weighted by Crippen LogP contribution is 2.21. The van der Waals surface area contributed by atoms with E-state index in [1.165, 1.54) is 7.11 Å². The van der Waals surface area contributed by atoms with Crippen LogP contribution in [0.3, 0.4) is 0 Å². The van der Waals surface area contributed by atoms with Crippen LogP contribution in [0.2, 0.25) is 0 Å². The van der Waals surface area contributed by atoms with Gasteiger partial charge in [-0.2, -0.15) is 0 Å². The normalized spacial score (nSPS) is 11.7. The maximum absolute atomic E-state index is 11.2. The van der Waals surface area contributed by atoms with Gasteiger partial charge in [-0.25, -0.2) is 4.79 Å². The van der Waals surface area contributed by atoms with Gasteiger partial charge >= 0.3 is 5.97 Å². The summed E-state index contributed by atoms with van der Waals surface area (Å²) in [5.74, 6) is -0.0546. The Labute approximate surface area is 101 Å². The van der Waals surface area contributed by atoms with Crippen LogP contribution >= 0.6 is 0 Å². The number of carbonyl (C=O) groups is 2. The second kappa shape index (κ2) is 6.03. The lowest BCUT2D eigenvalue weighted by molar-refractivity contribution is -0.147. The summed E-state index contributed by atoms with van der Waals surface area (Å²) in [7, 11) is 1.30. The second-order valence-corrected chi connectivity index (χ2v) is 3.63. The molecule has 0 saturated heterocycles. The Kier molecular flexibility index (Phi) is 4.69. The van der Waals surface area contributed by atoms with Crippen LogP contribution in [0.25, 0.3) is 0 Å². The standard InChI is InChI=1S/C13H16O4/c1-4-10-5-6-11(8-14)12(7-10)17-9(2)13(15)16-3/h5-9H,4H2,1-3H3. The number of rotatable bonds is 5. The SMILES string of the molecule is CCc1ccc(C=O)c(OC(C)C(=O)OC)c1. The third-order valence-electron chi connectivity index (χ3n) is 2.45. The monoisotopic (exact) mass is 236 g/mol. The largest absolute Gasteiger partial charge is 0.478 e. The number of carbonyl (C=O) groups excluding carboxylic acids is 2. The minimum Gasteiger partial charge on any atom is -0.478 e. The Bertz CT molecular complexity index is 412. The number of aryl methyl sites for hydroxylation is 1. The molecule has 0 saturated carbocycles. The van der Waals surface area contributed by atoms with E-state index in [-0.39, 0.29) is 0 Å². The van der Waals surface area contributed by atoms with E-state index in [2.05, 4.69) is 4.74 Å². The summed E-state index contributed by atoms with van der Waals surface area (Å²) in [6.45, 7) is 3.59. The number of methoxy groups -OCH3 is 1. The molecule has 0 aliphatic carbocycles. The van der Waals surface area contributed by atoms with E-state index in [0.29, 0.717) is 17.6 Å². The van der Waals surface area contributed by atoms with Gasteiger partial charge in [0.15, 0.2) is 12.4 Å². The molecule has 0 radical (unpaired) electrons. The molecule has 92 valence electrons. The fourth-order valence-corrected chi connectivity index (χ4v) is 1.40. The molecule has 1 unspecified atom stereocenters. The first-order valence-corrected chi connectivity index (χ1v) is 5.45. The predicted molar refractivity (Wildman–Crippen MR) is 63.3 cm³/mol. The maximum Gasteiger partial charge on any atom is 0.346 e. The Balaban J connectivity index is 2.94. The maximum atomic E-state index is 11.2. The van der Waals surface area contributed by atoms with E-state index in [4.69, 9.17) is 4.74 Å². The molecule has 4 nitrogen and oxygen atoms in total. The molecule has 0 spiro atoms. The van der Waals surface area contributed by atoms with Crippen molar-refractivity contribution in [2.45, 2.75) is 26.4 Å². The molecule has 0 aliphatic rings. The molecule has 0 aromatic heterocycles. The van der Waals surface area contributed by atoms with Crippen molar-refractivity contribution in [2.75, 3.05) is 7.11 Å². The highest BCUT2D eigenvalue weighted by Gasteiger charge is 2.16. The Morgan fingerprint density at radius 3 is 2.71 bits per heavy atom. The van der Waals surface area contributed by atoms with E-state index >= 15 is 0 Å². The Morgan fingerprint density at radius 2 is 2.18 bits per heavy atom. The number of aldehydes is 1. The van der Waals surface area contributed by atoms with Gasteiger partial charge in [-0.3, -0.25) is 4.79 Å². The van der Waals surface area contributed by atoms with E-state index in [1.54, 1.807) is 19.1 Å². The van der Waals surface area contributed by atoms with Crippen LogP contribution in [-0.4, -0.2) is 25.5 Å². The highest BCUT2D eigenvalue weighted by molar-refractivity contribution is 5.80. The van der Waals surface area contributed by atoms with Crippen molar-refractivity contribution < 1.29 is 19.1 Å². The van der Waals surface area contributed by atoms with Crippen LogP contribution in [0.1, 0.15) is 29.8 Å². The van der Waals surface area contributed by atoms with Gasteiger partial charge in [-0.05, 0) is 31.0 Å². The van der Waals surface area contributed by atoms with Crippen LogP contribution in [0.5, 0.6) is 5.75 Å². The minimum atomic E-state index is -0.731. The number of esters is 1. The molecule has 1 atom stereocenters. The summed E-state index contributed by atoms with van der Waals surface area (Å²) in [6.07, 6.45) is 0.812. The molecule has 17 heavy (non-hydrogen) atoms. The molecule has 1 rings (SSSR count). The van der Waals surface area contributed by atoms with Gasteiger partial charge in [-0.15, -0.1) is 0 Å². The van der Waals surface area contributed by atoms with E-state index in [0.717, 1.165) is 12.0 Å². The van der Waals surface area contributed by atoms with Crippen molar-refractivity contribution in [1.29, 1.82) is 0 Å². The molecule has 0 amide bonds. The van der Waals surface area contributed by atoms with Crippen LogP contribution in [0.4, 0.5) is 0 Å². The lowest BCUT2D eigenvalue weighted by Crippen LogP contribution is -2.25. The van der Waals surface area contributed by atoms with Gasteiger partial charge < -0.3 is 9.47 Å². The zero-order valence-corrected chi connectivity index (χ0v) is 10.2. The number of benzene rings is 1. The smallest absolute Gasteiger partial charge is 0.346 e. The van der Waals surface area contributed by atoms with Crippen molar-refractivity contribution >= 4 is 12.3 Å². The van der Waals surface area contributed by atoms with Gasteiger partial charge in [0, 0.05) is 0 Å². The van der Waals surface area contributed by atoms with Crippen molar-refractivity contribution in [2.24, 2.45) is 0 Å². The fraction of sp³-hybridized carbons (Fsp3) is 0.385. The summed E-state index contributed by atoms with van der Waals surface area (Å²) in [6, 6.07) is 5.31. The van der Waals surface area contributed by atoms with Crippen molar-refractivity contribution in [1.82, 2.24) is 0 Å². The molecular weight excluding hydrogens is 220 g/mol. The summed E-state index contributed by atoms with van der Waals surface area (Å²) in [4.78, 5) is 22.1. The average Bonchev–Trinajstić information content (AvgIpc) is 2.37.